The number of hydrogen-bond acceptors (Lipinski definition) is 15. The minimum atomic E-state index is -4.96. The van der Waals surface area contributed by atoms with Gasteiger partial charge in [0.2, 0.25) is 0 Å². The standard InChI is InChI=1S/C78H152O17P2/c1-7-9-11-13-15-17-19-20-21-22-26-29-33-36-42-48-54-60-75(80)88-66-73(94-78(83)63-57-51-44-38-34-30-27-24-23-25-28-32-35-40-46-52-58-70(3)4)68-92-96(84,85)90-64-72(79)65-91-97(86,87)93-69-74(67-89-76(81)61-55-49-45-39-41-47-53-59-71(5)6)95-77(82)62-56-50-43-37-31-18-16-14-12-10-8-2/h70-74,79H,7-69H2,1-6H3,(H,84,85)(H,86,87)/t72-,73-,74-/m1/s1. The van der Waals surface area contributed by atoms with Gasteiger partial charge in [0.15, 0.2) is 12.2 Å². The van der Waals surface area contributed by atoms with E-state index < -0.39 is 97.5 Å². The molecule has 0 aliphatic carbocycles. The van der Waals surface area contributed by atoms with Crippen LogP contribution in [-0.2, 0) is 65.4 Å². The van der Waals surface area contributed by atoms with Crippen molar-refractivity contribution < 1.29 is 80.2 Å². The Balaban J connectivity index is 5.22. The van der Waals surface area contributed by atoms with Crippen LogP contribution in [0.2, 0.25) is 0 Å². The van der Waals surface area contributed by atoms with E-state index in [4.69, 9.17) is 37.0 Å². The van der Waals surface area contributed by atoms with Gasteiger partial charge in [-0.25, -0.2) is 9.13 Å². The minimum Gasteiger partial charge on any atom is -0.462 e. The van der Waals surface area contributed by atoms with Gasteiger partial charge in [-0.1, -0.05) is 356 Å². The zero-order chi connectivity index (χ0) is 71.4. The van der Waals surface area contributed by atoms with Gasteiger partial charge in [0, 0.05) is 25.7 Å². The van der Waals surface area contributed by atoms with Crippen LogP contribution in [0.4, 0.5) is 0 Å². The molecule has 0 fully saturated rings. The second kappa shape index (κ2) is 69.8. The highest BCUT2D eigenvalue weighted by molar-refractivity contribution is 7.47. The molecule has 17 nitrogen and oxygen atoms in total. The molecule has 19 heteroatoms. The lowest BCUT2D eigenvalue weighted by Crippen LogP contribution is -2.30. The number of rotatable bonds is 77. The number of phosphoric ester groups is 2. The Morgan fingerprint density at radius 3 is 0.701 bits per heavy atom. The topological polar surface area (TPSA) is 237 Å². The monoisotopic (exact) mass is 1420 g/mol. The molecule has 0 aliphatic heterocycles. The fraction of sp³-hybridized carbons (Fsp3) is 0.949. The average Bonchev–Trinajstić information content (AvgIpc) is 1.61. The summed E-state index contributed by atoms with van der Waals surface area (Å²) in [6, 6.07) is 0. The smallest absolute Gasteiger partial charge is 0.462 e. The second-order valence-corrected chi connectivity index (χ2v) is 32.0. The van der Waals surface area contributed by atoms with Crippen molar-refractivity contribution in [1.29, 1.82) is 0 Å². The summed E-state index contributed by atoms with van der Waals surface area (Å²) < 4.78 is 68.6. The van der Waals surface area contributed by atoms with Crippen LogP contribution in [0.5, 0.6) is 0 Å². The lowest BCUT2D eigenvalue weighted by molar-refractivity contribution is -0.161. The molecule has 0 bridgehead atoms. The number of carbonyl (C=O) groups is 4. The van der Waals surface area contributed by atoms with E-state index in [1.54, 1.807) is 0 Å². The van der Waals surface area contributed by atoms with Crippen molar-refractivity contribution in [3.63, 3.8) is 0 Å². The van der Waals surface area contributed by atoms with Crippen molar-refractivity contribution in [3.8, 4) is 0 Å². The number of carbonyl (C=O) groups excluding carboxylic acids is 4. The summed E-state index contributed by atoms with van der Waals surface area (Å²) in [6.45, 7) is 9.58. The van der Waals surface area contributed by atoms with Crippen LogP contribution in [0.3, 0.4) is 0 Å². The highest BCUT2D eigenvalue weighted by Crippen LogP contribution is 2.45. The summed E-state index contributed by atoms with van der Waals surface area (Å²) in [7, 11) is -9.91. The number of phosphoric acid groups is 2. The van der Waals surface area contributed by atoms with Gasteiger partial charge in [-0.3, -0.25) is 37.3 Å². The van der Waals surface area contributed by atoms with Crippen molar-refractivity contribution >= 4 is 39.5 Å². The molecule has 0 spiro atoms. The molecule has 97 heavy (non-hydrogen) atoms. The minimum absolute atomic E-state index is 0.106. The van der Waals surface area contributed by atoms with Crippen LogP contribution in [0.15, 0.2) is 0 Å². The molecule has 576 valence electrons. The van der Waals surface area contributed by atoms with Gasteiger partial charge >= 0.3 is 39.5 Å². The van der Waals surface area contributed by atoms with Gasteiger partial charge in [0.25, 0.3) is 0 Å². The molecule has 0 aliphatic rings. The largest absolute Gasteiger partial charge is 0.472 e. The fourth-order valence-electron chi connectivity index (χ4n) is 12.0. The molecule has 5 atom stereocenters. The van der Waals surface area contributed by atoms with E-state index in [-0.39, 0.29) is 25.7 Å². The molecule has 0 radical (unpaired) electrons. The van der Waals surface area contributed by atoms with Crippen LogP contribution < -0.4 is 0 Å². The van der Waals surface area contributed by atoms with Gasteiger partial charge in [0.1, 0.15) is 19.3 Å². The molecular formula is C78H152O17P2. The quantitative estimate of drug-likeness (QED) is 0.0222. The number of esters is 4. The van der Waals surface area contributed by atoms with Gasteiger partial charge in [-0.05, 0) is 37.5 Å². The Labute approximate surface area is 594 Å². The highest BCUT2D eigenvalue weighted by atomic mass is 31.2. The first kappa shape index (κ1) is 95.1. The highest BCUT2D eigenvalue weighted by Gasteiger charge is 2.30. The van der Waals surface area contributed by atoms with Crippen molar-refractivity contribution in [1.82, 2.24) is 0 Å². The maximum absolute atomic E-state index is 13.1. The lowest BCUT2D eigenvalue weighted by atomic mass is 10.0. The summed E-state index contributed by atoms with van der Waals surface area (Å²) in [6.07, 6.45) is 58.3. The van der Waals surface area contributed by atoms with Gasteiger partial charge in [0.05, 0.1) is 26.4 Å². The molecule has 2 unspecified atom stereocenters. The van der Waals surface area contributed by atoms with E-state index in [0.29, 0.717) is 31.6 Å². The Morgan fingerprint density at radius 1 is 0.278 bits per heavy atom. The Kier molecular flexibility index (Phi) is 68.4. The molecular weight excluding hydrogens is 1270 g/mol. The molecule has 0 aromatic rings. The molecule has 0 aromatic carbocycles. The van der Waals surface area contributed by atoms with E-state index >= 15 is 0 Å². The number of aliphatic hydroxyl groups is 1. The van der Waals surface area contributed by atoms with E-state index in [1.807, 2.05) is 0 Å². The predicted octanol–water partition coefficient (Wildman–Crippen LogP) is 23.1. The van der Waals surface area contributed by atoms with Crippen LogP contribution in [-0.4, -0.2) is 96.7 Å². The fourth-order valence-corrected chi connectivity index (χ4v) is 13.6. The van der Waals surface area contributed by atoms with Gasteiger partial charge in [-0.15, -0.1) is 0 Å². The number of unbranched alkanes of at least 4 members (excludes halogenated alkanes) is 47. The first-order valence-corrected chi connectivity index (χ1v) is 43.5. The normalized spacial score (nSPS) is 14.0. The Morgan fingerprint density at radius 2 is 0.474 bits per heavy atom. The van der Waals surface area contributed by atoms with Crippen molar-refractivity contribution in [3.05, 3.63) is 0 Å². The molecule has 0 saturated heterocycles. The molecule has 0 amide bonds. The maximum atomic E-state index is 13.1. The molecule has 0 rings (SSSR count). The maximum Gasteiger partial charge on any atom is 0.472 e. The van der Waals surface area contributed by atoms with Gasteiger partial charge < -0.3 is 33.8 Å². The molecule has 0 heterocycles. The third kappa shape index (κ3) is 72.2. The van der Waals surface area contributed by atoms with E-state index in [2.05, 4.69) is 41.5 Å². The number of ether oxygens (including phenoxy) is 4. The number of aliphatic hydroxyl groups excluding tert-OH is 1. The van der Waals surface area contributed by atoms with E-state index in [0.717, 1.165) is 102 Å². The SMILES string of the molecule is CCCCCCCCCCCCCCCCCCCC(=O)OC[C@H](COP(=O)(O)OC[C@@H](O)COP(=O)(O)OC[C@@H](COC(=O)CCCCCCCCCC(C)C)OC(=O)CCCCCCCCCCCCC)OC(=O)CCCCCCCCCCCCCCCCCCC(C)C. The summed E-state index contributed by atoms with van der Waals surface area (Å²) in [4.78, 5) is 72.8. The molecule has 0 saturated carbocycles. The Hall–Kier alpha value is -1.94. The van der Waals surface area contributed by atoms with E-state index in [1.165, 1.54) is 218 Å². The van der Waals surface area contributed by atoms with Crippen LogP contribution >= 0.6 is 15.6 Å². The first-order valence-electron chi connectivity index (χ1n) is 40.5. The van der Waals surface area contributed by atoms with Crippen molar-refractivity contribution in [2.24, 2.45) is 11.8 Å². The summed E-state index contributed by atoms with van der Waals surface area (Å²) in [5.74, 6) is -0.598. The average molecular weight is 1420 g/mol. The van der Waals surface area contributed by atoms with Crippen molar-refractivity contribution in [2.45, 2.75) is 426 Å². The lowest BCUT2D eigenvalue weighted by Gasteiger charge is -2.21. The van der Waals surface area contributed by atoms with Crippen LogP contribution in [0, 0.1) is 11.8 Å². The number of hydrogen-bond donors (Lipinski definition) is 3. The van der Waals surface area contributed by atoms with Crippen LogP contribution in [0.25, 0.3) is 0 Å². The summed E-state index contributed by atoms with van der Waals surface area (Å²) in [5.41, 5.74) is 0. The molecule has 3 N–H and O–H groups in total. The van der Waals surface area contributed by atoms with Gasteiger partial charge in [-0.2, -0.15) is 0 Å². The molecule has 0 aromatic heterocycles. The zero-order valence-electron chi connectivity index (χ0n) is 63.4. The van der Waals surface area contributed by atoms with Crippen molar-refractivity contribution in [2.75, 3.05) is 39.6 Å². The predicted molar refractivity (Wildman–Crippen MR) is 395 cm³/mol. The Bertz CT molecular complexity index is 1870. The van der Waals surface area contributed by atoms with Crippen LogP contribution in [0.1, 0.15) is 408 Å². The third-order valence-corrected chi connectivity index (χ3v) is 20.1. The zero-order valence-corrected chi connectivity index (χ0v) is 65.2. The second-order valence-electron chi connectivity index (χ2n) is 29.1. The third-order valence-electron chi connectivity index (χ3n) is 18.2. The summed E-state index contributed by atoms with van der Waals surface area (Å²) in [5, 5.41) is 10.6. The summed E-state index contributed by atoms with van der Waals surface area (Å²) >= 11 is 0. The van der Waals surface area contributed by atoms with E-state index in [9.17, 15) is 43.2 Å². The first-order chi connectivity index (χ1) is 46.9.